The molecule has 1 aromatic heterocycles. The minimum Gasteiger partial charge on any atom is -0.483 e. The zero-order valence-corrected chi connectivity index (χ0v) is 18.5. The molecule has 3 rings (SSSR count). The highest BCUT2D eigenvalue weighted by Gasteiger charge is 2.12. The van der Waals surface area contributed by atoms with Gasteiger partial charge in [0.2, 0.25) is 0 Å². The van der Waals surface area contributed by atoms with Gasteiger partial charge in [-0.05, 0) is 36.8 Å². The van der Waals surface area contributed by atoms with E-state index in [4.69, 9.17) is 27.9 Å². The molecule has 0 fully saturated rings. The number of aromatic nitrogens is 1. The Hall–Kier alpha value is -2.68. The number of amides is 2. The average molecular weight is 482 g/mol. The molecule has 0 spiro atoms. The van der Waals surface area contributed by atoms with Crippen LogP contribution in [0.3, 0.4) is 0 Å². The Labute approximate surface area is 192 Å². The monoisotopic (exact) mass is 481 g/mol. The molecule has 0 radical (unpaired) electrons. The van der Waals surface area contributed by atoms with Gasteiger partial charge in [-0.15, -0.1) is 11.3 Å². The number of para-hydroxylation sites is 1. The number of hydrogen-bond acceptors (Lipinski definition) is 5. The van der Waals surface area contributed by atoms with Gasteiger partial charge < -0.3 is 15.4 Å². The molecule has 6 nitrogen and oxygen atoms in total. The Morgan fingerprint density at radius 3 is 2.52 bits per heavy atom. The molecule has 0 saturated carbocycles. The van der Waals surface area contributed by atoms with E-state index in [1.165, 1.54) is 29.5 Å². The third-order valence-corrected chi connectivity index (χ3v) is 5.64. The Balaban J connectivity index is 1.37. The van der Waals surface area contributed by atoms with E-state index in [9.17, 15) is 14.0 Å². The Bertz CT molecular complexity index is 1080. The summed E-state index contributed by atoms with van der Waals surface area (Å²) in [7, 11) is 0. The molecule has 2 amide bonds. The molecular weight excluding hydrogens is 464 g/mol. The third kappa shape index (κ3) is 6.65. The molecule has 31 heavy (non-hydrogen) atoms. The van der Waals surface area contributed by atoms with Gasteiger partial charge in [-0.1, -0.05) is 35.3 Å². The lowest BCUT2D eigenvalue weighted by Gasteiger charge is -2.07. The van der Waals surface area contributed by atoms with Crippen LogP contribution in [0.5, 0.6) is 5.75 Å². The number of nitrogens with one attached hydrogen (secondary N) is 2. The molecule has 0 aliphatic heterocycles. The van der Waals surface area contributed by atoms with E-state index in [1.54, 1.807) is 29.6 Å². The van der Waals surface area contributed by atoms with Crippen molar-refractivity contribution >= 4 is 46.4 Å². The predicted molar refractivity (Wildman–Crippen MR) is 119 cm³/mol. The van der Waals surface area contributed by atoms with Gasteiger partial charge in [0.05, 0.1) is 10.0 Å². The van der Waals surface area contributed by atoms with Gasteiger partial charge in [0, 0.05) is 24.0 Å². The van der Waals surface area contributed by atoms with Crippen LogP contribution in [-0.4, -0.2) is 29.9 Å². The van der Waals surface area contributed by atoms with E-state index in [2.05, 4.69) is 15.6 Å². The molecule has 3 aromatic rings. The summed E-state index contributed by atoms with van der Waals surface area (Å²) < 4.78 is 19.0. The quantitative estimate of drug-likeness (QED) is 0.433. The van der Waals surface area contributed by atoms with Gasteiger partial charge in [-0.2, -0.15) is 0 Å². The Morgan fingerprint density at radius 1 is 1.03 bits per heavy atom. The summed E-state index contributed by atoms with van der Waals surface area (Å²) in [6, 6.07) is 10.7. The maximum absolute atomic E-state index is 13.6. The van der Waals surface area contributed by atoms with Gasteiger partial charge in [0.25, 0.3) is 11.8 Å². The van der Waals surface area contributed by atoms with Crippen LogP contribution in [0.4, 0.5) is 4.39 Å². The highest BCUT2D eigenvalue weighted by molar-refractivity contribution is 7.09. The van der Waals surface area contributed by atoms with Crippen molar-refractivity contribution in [1.82, 2.24) is 15.6 Å². The predicted octanol–water partition coefficient (Wildman–Crippen LogP) is 4.72. The maximum atomic E-state index is 13.6. The summed E-state index contributed by atoms with van der Waals surface area (Å²) in [6.45, 7) is 0.802. The first-order valence-corrected chi connectivity index (χ1v) is 10.9. The van der Waals surface area contributed by atoms with Crippen LogP contribution in [0, 0.1) is 5.82 Å². The van der Waals surface area contributed by atoms with Crippen LogP contribution in [0.1, 0.15) is 32.3 Å². The number of thiazole rings is 1. The second kappa shape index (κ2) is 11.1. The van der Waals surface area contributed by atoms with Gasteiger partial charge in [-0.3, -0.25) is 9.59 Å². The van der Waals surface area contributed by atoms with Crippen molar-refractivity contribution in [2.75, 3.05) is 13.1 Å². The minimum atomic E-state index is -0.455. The third-order valence-electron chi connectivity index (χ3n) is 4.08. The second-order valence-electron chi connectivity index (χ2n) is 6.34. The molecule has 0 atom stereocenters. The van der Waals surface area contributed by atoms with E-state index >= 15 is 0 Å². The van der Waals surface area contributed by atoms with Crippen molar-refractivity contribution < 1.29 is 18.7 Å². The summed E-state index contributed by atoms with van der Waals surface area (Å²) in [5.74, 6) is -0.928. The van der Waals surface area contributed by atoms with E-state index in [0.29, 0.717) is 40.1 Å². The number of hydrogen-bond donors (Lipinski definition) is 2. The van der Waals surface area contributed by atoms with E-state index in [0.717, 1.165) is 0 Å². The van der Waals surface area contributed by atoms with E-state index in [-0.39, 0.29) is 29.9 Å². The molecule has 0 bridgehead atoms. The number of rotatable bonds is 9. The Morgan fingerprint density at radius 2 is 1.77 bits per heavy atom. The highest BCUT2D eigenvalue weighted by Crippen LogP contribution is 2.22. The normalized spacial score (nSPS) is 10.5. The lowest BCUT2D eigenvalue weighted by molar-refractivity contribution is 0.0948. The molecular formula is C21H18Cl2FN3O3S. The first kappa shape index (κ1) is 23.0. The van der Waals surface area contributed by atoms with Crippen molar-refractivity contribution in [2.45, 2.75) is 13.0 Å². The SMILES string of the molecule is O=C(NCCCNC(=O)c1csc(COc2ccccc2F)n1)c1ccc(Cl)c(Cl)c1. The first-order valence-electron chi connectivity index (χ1n) is 9.27. The fraction of sp³-hybridized carbons (Fsp3) is 0.190. The molecule has 162 valence electrons. The fourth-order valence-electron chi connectivity index (χ4n) is 2.50. The number of halogens is 3. The summed E-state index contributed by atoms with van der Waals surface area (Å²) >= 11 is 13.0. The van der Waals surface area contributed by atoms with Gasteiger partial charge in [0.15, 0.2) is 11.6 Å². The van der Waals surface area contributed by atoms with Crippen molar-refractivity contribution in [2.24, 2.45) is 0 Å². The van der Waals surface area contributed by atoms with Gasteiger partial charge >= 0.3 is 0 Å². The van der Waals surface area contributed by atoms with Crippen molar-refractivity contribution in [3.63, 3.8) is 0 Å². The molecule has 1 heterocycles. The van der Waals surface area contributed by atoms with Crippen LogP contribution in [0.15, 0.2) is 47.8 Å². The van der Waals surface area contributed by atoms with Crippen LogP contribution in [-0.2, 0) is 6.61 Å². The van der Waals surface area contributed by atoms with E-state index < -0.39 is 5.82 Å². The van der Waals surface area contributed by atoms with Gasteiger partial charge in [-0.25, -0.2) is 9.37 Å². The zero-order chi connectivity index (χ0) is 22.2. The van der Waals surface area contributed by atoms with Crippen molar-refractivity contribution in [1.29, 1.82) is 0 Å². The number of nitrogens with zero attached hydrogens (tertiary/aromatic N) is 1. The average Bonchev–Trinajstić information content (AvgIpc) is 3.24. The summed E-state index contributed by atoms with van der Waals surface area (Å²) in [6.07, 6.45) is 0.534. The number of ether oxygens (including phenoxy) is 1. The largest absolute Gasteiger partial charge is 0.483 e. The van der Waals surface area contributed by atoms with Crippen LogP contribution in [0.25, 0.3) is 0 Å². The number of carbonyl (C=O) groups excluding carboxylic acids is 2. The zero-order valence-electron chi connectivity index (χ0n) is 16.2. The molecule has 10 heteroatoms. The molecule has 2 N–H and O–H groups in total. The number of benzene rings is 2. The Kier molecular flexibility index (Phi) is 8.22. The second-order valence-corrected chi connectivity index (χ2v) is 8.10. The fourth-order valence-corrected chi connectivity index (χ4v) is 3.49. The lowest BCUT2D eigenvalue weighted by Crippen LogP contribution is -2.30. The molecule has 0 aliphatic carbocycles. The molecule has 0 aliphatic rings. The summed E-state index contributed by atoms with van der Waals surface area (Å²) in [5, 5.41) is 8.35. The summed E-state index contributed by atoms with van der Waals surface area (Å²) in [4.78, 5) is 28.5. The molecule has 0 unspecified atom stereocenters. The smallest absolute Gasteiger partial charge is 0.270 e. The van der Waals surface area contributed by atoms with E-state index in [1.807, 2.05) is 0 Å². The minimum absolute atomic E-state index is 0.0691. The highest BCUT2D eigenvalue weighted by atomic mass is 35.5. The summed E-state index contributed by atoms with van der Waals surface area (Å²) in [5.41, 5.74) is 0.669. The van der Waals surface area contributed by atoms with Crippen LogP contribution < -0.4 is 15.4 Å². The topological polar surface area (TPSA) is 80.3 Å². The van der Waals surface area contributed by atoms with Crippen LogP contribution >= 0.6 is 34.5 Å². The standard InChI is InChI=1S/C21H18Cl2FN3O3S/c22-14-7-6-13(10-15(14)23)20(28)25-8-3-9-26-21(29)17-12-31-19(27-17)11-30-18-5-2-1-4-16(18)24/h1-2,4-7,10,12H,3,8-9,11H2,(H,25,28)(H,26,29). The number of carbonyl (C=O) groups is 2. The van der Waals surface area contributed by atoms with Gasteiger partial charge in [0.1, 0.15) is 17.3 Å². The van der Waals surface area contributed by atoms with Crippen LogP contribution in [0.2, 0.25) is 10.0 Å². The van der Waals surface area contributed by atoms with Crippen molar-refractivity contribution in [3.8, 4) is 5.75 Å². The maximum Gasteiger partial charge on any atom is 0.270 e. The van der Waals surface area contributed by atoms with Crippen molar-refractivity contribution in [3.05, 3.63) is 80.0 Å². The lowest BCUT2D eigenvalue weighted by atomic mass is 10.2. The molecule has 2 aromatic carbocycles. The first-order chi connectivity index (χ1) is 14.9. The molecule has 0 saturated heterocycles.